The number of carboxylic acid groups (broad SMARTS) is 2. The quantitative estimate of drug-likeness (QED) is 0.195. The van der Waals surface area contributed by atoms with Crippen LogP contribution in [0.25, 0.3) is 21.9 Å². The van der Waals surface area contributed by atoms with E-state index in [1.807, 2.05) is 0 Å². The second-order valence-electron chi connectivity index (χ2n) is 10.2. The first-order chi connectivity index (χ1) is 19.3. The Hall–Kier alpha value is -4.61. The summed E-state index contributed by atoms with van der Waals surface area (Å²) in [5, 5.41) is 32.0. The summed E-state index contributed by atoms with van der Waals surface area (Å²) in [4.78, 5) is 50.5. The molecule has 12 heteroatoms. The highest BCUT2D eigenvalue weighted by Gasteiger charge is 2.49. The maximum absolute atomic E-state index is 13.2. The highest BCUT2D eigenvalue weighted by Crippen LogP contribution is 2.33. The van der Waals surface area contributed by atoms with Crippen molar-refractivity contribution in [1.82, 2.24) is 20.2 Å². The van der Waals surface area contributed by atoms with Crippen molar-refractivity contribution >= 4 is 39.6 Å². The molecule has 12 nitrogen and oxygen atoms in total. The van der Waals surface area contributed by atoms with Crippen LogP contribution in [0.1, 0.15) is 55.4 Å². The van der Waals surface area contributed by atoms with E-state index in [2.05, 4.69) is 15.5 Å². The molecule has 1 saturated carbocycles. The molecule has 208 valence electrons. The van der Waals surface area contributed by atoms with Gasteiger partial charge in [0.25, 0.3) is 5.56 Å². The molecule has 5 rings (SSSR count). The van der Waals surface area contributed by atoms with Gasteiger partial charge in [-0.25, -0.2) is 4.68 Å². The Morgan fingerprint density at radius 2 is 1.80 bits per heavy atom. The van der Waals surface area contributed by atoms with Crippen molar-refractivity contribution in [3.63, 3.8) is 0 Å². The van der Waals surface area contributed by atoms with Crippen molar-refractivity contribution < 1.29 is 33.9 Å². The maximum atomic E-state index is 13.2. The standard InChI is InChI=1S/C28H28N4O8/c33-22(24-20-10-9-18(15-23(20)40-30-24)39-14-11-17-5-1-2-6-17)16-28(26(35)36,27(37)38)12-13-32-25(34)19-7-3-4-8-21(19)29-31-32/h3-4,7-10,15,17H,1-2,5-6,11-14,16H2,(H,35,36)(H,37,38). The zero-order valence-electron chi connectivity index (χ0n) is 21.6. The molecule has 0 amide bonds. The van der Waals surface area contributed by atoms with E-state index in [4.69, 9.17) is 9.26 Å². The monoisotopic (exact) mass is 548 g/mol. The van der Waals surface area contributed by atoms with Gasteiger partial charge in [-0.3, -0.25) is 19.2 Å². The third-order valence-electron chi connectivity index (χ3n) is 7.64. The van der Waals surface area contributed by atoms with Crippen LogP contribution in [0.2, 0.25) is 0 Å². The topological polar surface area (TPSA) is 175 Å². The molecule has 0 radical (unpaired) electrons. The van der Waals surface area contributed by atoms with Crippen LogP contribution in [-0.2, 0) is 16.1 Å². The van der Waals surface area contributed by atoms with Gasteiger partial charge in [-0.05, 0) is 43.0 Å². The molecule has 0 bridgehead atoms. The minimum atomic E-state index is -2.54. The predicted molar refractivity (Wildman–Crippen MR) is 141 cm³/mol. The number of benzene rings is 2. The van der Waals surface area contributed by atoms with Gasteiger partial charge in [0.15, 0.2) is 22.5 Å². The van der Waals surface area contributed by atoms with Crippen LogP contribution in [0, 0.1) is 11.3 Å². The average Bonchev–Trinajstić information content (AvgIpc) is 3.61. The lowest BCUT2D eigenvalue weighted by atomic mass is 9.79. The zero-order valence-corrected chi connectivity index (χ0v) is 21.6. The third kappa shape index (κ3) is 5.29. The normalized spacial score (nSPS) is 14.1. The first-order valence-corrected chi connectivity index (χ1v) is 13.1. The summed E-state index contributed by atoms with van der Waals surface area (Å²) < 4.78 is 12.0. The van der Waals surface area contributed by atoms with Gasteiger partial charge in [0, 0.05) is 19.0 Å². The molecule has 0 unspecified atom stereocenters. The van der Waals surface area contributed by atoms with Crippen molar-refractivity contribution in [2.45, 2.75) is 51.5 Å². The Morgan fingerprint density at radius 3 is 2.55 bits per heavy atom. The lowest BCUT2D eigenvalue weighted by molar-refractivity contribution is -0.165. The third-order valence-corrected chi connectivity index (χ3v) is 7.64. The number of nitrogens with zero attached hydrogens (tertiary/aromatic N) is 4. The molecule has 2 aromatic heterocycles. The molecular formula is C28H28N4O8. The van der Waals surface area contributed by atoms with Gasteiger partial charge >= 0.3 is 11.9 Å². The molecule has 0 saturated heterocycles. The number of hydrogen-bond acceptors (Lipinski definition) is 9. The van der Waals surface area contributed by atoms with Gasteiger partial charge in [0.1, 0.15) is 11.3 Å². The number of carbonyl (C=O) groups is 3. The van der Waals surface area contributed by atoms with Crippen molar-refractivity contribution in [3.8, 4) is 5.75 Å². The number of hydrogen-bond donors (Lipinski definition) is 2. The van der Waals surface area contributed by atoms with Crippen molar-refractivity contribution in [3.05, 3.63) is 58.5 Å². The molecule has 0 aliphatic heterocycles. The number of aliphatic carboxylic acids is 2. The zero-order chi connectivity index (χ0) is 28.3. The number of rotatable bonds is 12. The van der Waals surface area contributed by atoms with E-state index in [9.17, 15) is 29.4 Å². The van der Waals surface area contributed by atoms with Gasteiger partial charge < -0.3 is 19.5 Å². The van der Waals surface area contributed by atoms with E-state index in [-0.39, 0.29) is 23.2 Å². The van der Waals surface area contributed by atoms with E-state index in [0.717, 1.165) is 11.1 Å². The Kier molecular flexibility index (Phi) is 7.58. The van der Waals surface area contributed by atoms with Gasteiger partial charge in [0.05, 0.1) is 17.4 Å². The number of ketones is 1. The van der Waals surface area contributed by atoms with E-state index in [1.165, 1.54) is 31.7 Å². The Labute approximate surface area is 227 Å². The van der Waals surface area contributed by atoms with E-state index < -0.39 is 41.5 Å². The molecule has 2 heterocycles. The summed E-state index contributed by atoms with van der Waals surface area (Å²) in [5.74, 6) is -3.04. The fourth-order valence-electron chi connectivity index (χ4n) is 5.22. The van der Waals surface area contributed by atoms with Crippen LogP contribution in [0.4, 0.5) is 0 Å². The number of aromatic nitrogens is 4. The smallest absolute Gasteiger partial charge is 0.321 e. The van der Waals surface area contributed by atoms with Crippen LogP contribution in [0.3, 0.4) is 0 Å². The first-order valence-electron chi connectivity index (χ1n) is 13.1. The van der Waals surface area contributed by atoms with Gasteiger partial charge in [-0.15, -0.1) is 5.10 Å². The van der Waals surface area contributed by atoms with Gasteiger partial charge in [-0.2, -0.15) is 0 Å². The minimum Gasteiger partial charge on any atom is -0.493 e. The lowest BCUT2D eigenvalue weighted by Gasteiger charge is -2.23. The van der Waals surface area contributed by atoms with Crippen molar-refractivity contribution in [2.24, 2.45) is 11.3 Å². The molecule has 1 aliphatic carbocycles. The van der Waals surface area contributed by atoms with Gasteiger partial charge in [-0.1, -0.05) is 48.2 Å². The van der Waals surface area contributed by atoms with Crippen LogP contribution >= 0.6 is 0 Å². The molecule has 2 aromatic carbocycles. The number of aryl methyl sites for hydroxylation is 1. The molecule has 1 aliphatic rings. The number of fused-ring (bicyclic) bond motifs is 2. The maximum Gasteiger partial charge on any atom is 0.321 e. The van der Waals surface area contributed by atoms with Crippen LogP contribution in [0.15, 0.2) is 51.8 Å². The Morgan fingerprint density at radius 1 is 1.05 bits per heavy atom. The second kappa shape index (κ2) is 11.2. The van der Waals surface area contributed by atoms with Crippen LogP contribution in [-0.4, -0.2) is 54.7 Å². The van der Waals surface area contributed by atoms with Crippen molar-refractivity contribution in [2.75, 3.05) is 6.61 Å². The summed E-state index contributed by atoms with van der Waals surface area (Å²) in [6.07, 6.45) is 4.41. The molecule has 2 N–H and O–H groups in total. The van der Waals surface area contributed by atoms with Crippen molar-refractivity contribution in [1.29, 1.82) is 0 Å². The second-order valence-corrected chi connectivity index (χ2v) is 10.2. The Balaban J connectivity index is 1.33. The average molecular weight is 549 g/mol. The SMILES string of the molecule is O=C(CC(CCn1nnc2ccccc2c1=O)(C(=O)O)C(=O)O)c1noc2cc(OCCC3CCCC3)ccc12. The van der Waals surface area contributed by atoms with E-state index in [0.29, 0.717) is 29.2 Å². The van der Waals surface area contributed by atoms with E-state index >= 15 is 0 Å². The van der Waals surface area contributed by atoms with E-state index in [1.54, 1.807) is 36.4 Å². The number of Topliss-reactive ketones (excluding diaryl/α,β-unsaturated/α-hetero) is 1. The molecule has 4 aromatic rings. The summed E-state index contributed by atoms with van der Waals surface area (Å²) in [5.41, 5.74) is -2.66. The highest BCUT2D eigenvalue weighted by molar-refractivity contribution is 6.10. The molecule has 0 atom stereocenters. The fourth-order valence-corrected chi connectivity index (χ4v) is 5.22. The summed E-state index contributed by atoms with van der Waals surface area (Å²) in [6, 6.07) is 11.3. The Bertz CT molecular complexity index is 1620. The predicted octanol–water partition coefficient (Wildman–Crippen LogP) is 3.71. The summed E-state index contributed by atoms with van der Waals surface area (Å²) >= 11 is 0. The number of carboxylic acids is 2. The van der Waals surface area contributed by atoms with Crippen LogP contribution < -0.4 is 10.3 Å². The number of carbonyl (C=O) groups excluding carboxylic acids is 1. The largest absolute Gasteiger partial charge is 0.493 e. The molecule has 40 heavy (non-hydrogen) atoms. The molecular weight excluding hydrogens is 520 g/mol. The fraction of sp³-hybridized carbons (Fsp3) is 0.393. The molecule has 0 spiro atoms. The van der Waals surface area contributed by atoms with Crippen LogP contribution in [0.5, 0.6) is 5.75 Å². The first kappa shape index (κ1) is 27.0. The minimum absolute atomic E-state index is 0.179. The summed E-state index contributed by atoms with van der Waals surface area (Å²) in [6.45, 7) is 0.171. The van der Waals surface area contributed by atoms with Gasteiger partial charge in [0.2, 0.25) is 0 Å². The lowest BCUT2D eigenvalue weighted by Crippen LogP contribution is -2.43. The highest BCUT2D eigenvalue weighted by atomic mass is 16.5. The summed E-state index contributed by atoms with van der Waals surface area (Å²) in [7, 11) is 0. The molecule has 1 fully saturated rings. The number of ether oxygens (including phenoxy) is 1.